The van der Waals surface area contributed by atoms with Gasteiger partial charge in [0.05, 0.1) is 17.8 Å². The van der Waals surface area contributed by atoms with Crippen molar-refractivity contribution in [2.75, 3.05) is 32.9 Å². The van der Waals surface area contributed by atoms with Crippen LogP contribution in [0.4, 0.5) is 0 Å². The molecule has 4 heterocycles. The second kappa shape index (κ2) is 6.55. The number of rotatable bonds is 3. The summed E-state index contributed by atoms with van der Waals surface area (Å²) in [5, 5.41) is 0. The van der Waals surface area contributed by atoms with Gasteiger partial charge in [0.15, 0.2) is 0 Å². The van der Waals surface area contributed by atoms with Crippen molar-refractivity contribution in [2.45, 2.75) is 37.6 Å². The van der Waals surface area contributed by atoms with Crippen LogP contribution in [0.1, 0.15) is 18.5 Å². The van der Waals surface area contributed by atoms with Gasteiger partial charge in [-0.3, -0.25) is 14.7 Å². The van der Waals surface area contributed by atoms with Crippen molar-refractivity contribution >= 4 is 5.91 Å². The van der Waals surface area contributed by atoms with E-state index in [0.717, 1.165) is 51.4 Å². The third-order valence-corrected chi connectivity index (χ3v) is 5.07. The quantitative estimate of drug-likeness (QED) is 0.820. The van der Waals surface area contributed by atoms with Crippen LogP contribution in [0.15, 0.2) is 24.4 Å². The van der Waals surface area contributed by atoms with Gasteiger partial charge in [-0.1, -0.05) is 6.07 Å². The fraction of sp³-hybridized carbons (Fsp3) is 0.647. The summed E-state index contributed by atoms with van der Waals surface area (Å²) in [4.78, 5) is 21.3. The molecule has 0 spiro atoms. The van der Waals surface area contributed by atoms with Crippen LogP contribution in [-0.4, -0.2) is 71.8 Å². The number of ether oxygens (including phenoxy) is 2. The van der Waals surface area contributed by atoms with Crippen LogP contribution in [0.5, 0.6) is 0 Å². The van der Waals surface area contributed by atoms with Gasteiger partial charge in [-0.15, -0.1) is 0 Å². The van der Waals surface area contributed by atoms with Gasteiger partial charge in [0.2, 0.25) is 5.91 Å². The molecule has 0 unspecified atom stereocenters. The van der Waals surface area contributed by atoms with E-state index in [4.69, 9.17) is 9.47 Å². The topological polar surface area (TPSA) is 54.9 Å². The number of carbonyl (C=O) groups excluding carboxylic acids is 1. The largest absolute Gasteiger partial charge is 0.381 e. The molecule has 0 N–H and O–H groups in total. The third kappa shape index (κ3) is 3.11. The highest BCUT2D eigenvalue weighted by atomic mass is 16.5. The van der Waals surface area contributed by atoms with Crippen LogP contribution < -0.4 is 0 Å². The summed E-state index contributed by atoms with van der Waals surface area (Å²) in [5.41, 5.74) is 1.06. The molecule has 3 saturated heterocycles. The molecular formula is C17H23N3O3. The second-order valence-corrected chi connectivity index (χ2v) is 6.58. The fourth-order valence-electron chi connectivity index (χ4n) is 3.99. The SMILES string of the molecule is O=C1CO[C@H]2CN(Cc3ccccn3)C[C@@H]2N1C1CCOCC1. The van der Waals surface area contributed by atoms with E-state index in [1.165, 1.54) is 0 Å². The van der Waals surface area contributed by atoms with Crippen LogP contribution in [0.2, 0.25) is 0 Å². The van der Waals surface area contributed by atoms with Gasteiger partial charge in [0.1, 0.15) is 6.61 Å². The molecular weight excluding hydrogens is 294 g/mol. The second-order valence-electron chi connectivity index (χ2n) is 6.58. The van der Waals surface area contributed by atoms with Crippen LogP contribution in [-0.2, 0) is 20.8 Å². The van der Waals surface area contributed by atoms with Crippen LogP contribution in [0.3, 0.4) is 0 Å². The molecule has 0 saturated carbocycles. The number of amides is 1. The minimum Gasteiger partial charge on any atom is -0.381 e. The molecule has 0 radical (unpaired) electrons. The molecule has 6 nitrogen and oxygen atoms in total. The Bertz CT molecular complexity index is 547. The number of hydrogen-bond donors (Lipinski definition) is 0. The van der Waals surface area contributed by atoms with E-state index in [1.54, 1.807) is 0 Å². The minimum atomic E-state index is 0.124. The van der Waals surface area contributed by atoms with Gasteiger partial charge in [-0.05, 0) is 25.0 Å². The van der Waals surface area contributed by atoms with Crippen LogP contribution in [0.25, 0.3) is 0 Å². The van der Waals surface area contributed by atoms with Crippen molar-refractivity contribution in [1.29, 1.82) is 0 Å². The van der Waals surface area contributed by atoms with Crippen molar-refractivity contribution in [3.05, 3.63) is 30.1 Å². The molecule has 4 rings (SSSR count). The van der Waals surface area contributed by atoms with E-state index in [0.29, 0.717) is 6.04 Å². The fourth-order valence-corrected chi connectivity index (χ4v) is 3.99. The molecule has 124 valence electrons. The van der Waals surface area contributed by atoms with Gasteiger partial charge in [-0.2, -0.15) is 0 Å². The van der Waals surface area contributed by atoms with E-state index >= 15 is 0 Å². The van der Waals surface area contributed by atoms with Gasteiger partial charge in [0, 0.05) is 45.1 Å². The number of fused-ring (bicyclic) bond motifs is 1. The zero-order valence-electron chi connectivity index (χ0n) is 13.3. The monoisotopic (exact) mass is 317 g/mol. The molecule has 1 aromatic heterocycles. The maximum Gasteiger partial charge on any atom is 0.249 e. The molecule has 3 aliphatic rings. The van der Waals surface area contributed by atoms with Gasteiger partial charge >= 0.3 is 0 Å². The molecule has 23 heavy (non-hydrogen) atoms. The minimum absolute atomic E-state index is 0.124. The lowest BCUT2D eigenvalue weighted by molar-refractivity contribution is -0.159. The lowest BCUT2D eigenvalue weighted by atomic mass is 10.0. The standard InChI is InChI=1S/C17H23N3O3/c21-17-12-23-16-11-19(9-13-3-1-2-6-18-13)10-15(16)20(17)14-4-7-22-8-5-14/h1-3,6,14-16H,4-5,7-12H2/t15-,16-/m0/s1. The Hall–Kier alpha value is -1.50. The highest BCUT2D eigenvalue weighted by molar-refractivity contribution is 5.79. The smallest absolute Gasteiger partial charge is 0.249 e. The number of pyridine rings is 1. The average Bonchev–Trinajstić information content (AvgIpc) is 2.99. The van der Waals surface area contributed by atoms with Crippen molar-refractivity contribution in [1.82, 2.24) is 14.8 Å². The summed E-state index contributed by atoms with van der Waals surface area (Å²) in [6, 6.07) is 6.47. The lowest BCUT2D eigenvalue weighted by Gasteiger charge is -2.43. The van der Waals surface area contributed by atoms with E-state index in [2.05, 4.69) is 14.8 Å². The van der Waals surface area contributed by atoms with Crippen LogP contribution >= 0.6 is 0 Å². The zero-order valence-corrected chi connectivity index (χ0v) is 13.3. The number of nitrogens with zero attached hydrogens (tertiary/aromatic N) is 3. The van der Waals surface area contributed by atoms with Crippen molar-refractivity contribution in [3.8, 4) is 0 Å². The zero-order chi connectivity index (χ0) is 15.6. The molecule has 2 atom stereocenters. The first-order valence-electron chi connectivity index (χ1n) is 8.44. The average molecular weight is 317 g/mol. The highest BCUT2D eigenvalue weighted by Gasteiger charge is 2.45. The maximum absolute atomic E-state index is 12.4. The van der Waals surface area contributed by atoms with E-state index < -0.39 is 0 Å². The van der Waals surface area contributed by atoms with Crippen molar-refractivity contribution in [3.63, 3.8) is 0 Å². The lowest BCUT2D eigenvalue weighted by Crippen LogP contribution is -2.58. The normalized spacial score (nSPS) is 29.7. The molecule has 0 aromatic carbocycles. The Labute approximate surface area is 136 Å². The van der Waals surface area contributed by atoms with Gasteiger partial charge in [-0.25, -0.2) is 0 Å². The molecule has 1 aromatic rings. The summed E-state index contributed by atoms with van der Waals surface area (Å²) in [7, 11) is 0. The Morgan fingerprint density at radius 2 is 2.09 bits per heavy atom. The molecule has 6 heteroatoms. The summed E-state index contributed by atoms with van der Waals surface area (Å²) < 4.78 is 11.3. The molecule has 3 aliphatic heterocycles. The Morgan fingerprint density at radius 3 is 2.87 bits per heavy atom. The number of hydrogen-bond acceptors (Lipinski definition) is 5. The summed E-state index contributed by atoms with van der Waals surface area (Å²) in [6.07, 6.45) is 3.83. The Morgan fingerprint density at radius 1 is 1.22 bits per heavy atom. The van der Waals surface area contributed by atoms with Crippen molar-refractivity contribution < 1.29 is 14.3 Å². The third-order valence-electron chi connectivity index (χ3n) is 5.07. The molecule has 1 amide bonds. The van der Waals surface area contributed by atoms with E-state index in [9.17, 15) is 4.79 Å². The van der Waals surface area contributed by atoms with E-state index in [-0.39, 0.29) is 24.7 Å². The number of morpholine rings is 1. The molecule has 0 aliphatic carbocycles. The first-order chi connectivity index (χ1) is 11.3. The Kier molecular flexibility index (Phi) is 4.29. The van der Waals surface area contributed by atoms with Crippen LogP contribution in [0, 0.1) is 0 Å². The predicted octanol–water partition coefficient (Wildman–Crippen LogP) is 0.672. The number of carbonyl (C=O) groups is 1. The summed E-state index contributed by atoms with van der Waals surface area (Å²) >= 11 is 0. The number of likely N-dealkylation sites (tertiary alicyclic amines) is 1. The molecule has 0 bridgehead atoms. The maximum atomic E-state index is 12.4. The number of aromatic nitrogens is 1. The predicted molar refractivity (Wildman–Crippen MR) is 83.7 cm³/mol. The summed E-state index contributed by atoms with van der Waals surface area (Å²) in [5.74, 6) is 0.137. The van der Waals surface area contributed by atoms with Crippen molar-refractivity contribution in [2.24, 2.45) is 0 Å². The molecule has 3 fully saturated rings. The van der Waals surface area contributed by atoms with Gasteiger partial charge in [0.25, 0.3) is 0 Å². The van der Waals surface area contributed by atoms with Gasteiger partial charge < -0.3 is 14.4 Å². The first-order valence-corrected chi connectivity index (χ1v) is 8.44. The highest BCUT2D eigenvalue weighted by Crippen LogP contribution is 2.29. The Balaban J connectivity index is 1.46. The van der Waals surface area contributed by atoms with E-state index in [1.807, 2.05) is 24.4 Å². The summed E-state index contributed by atoms with van der Waals surface area (Å²) in [6.45, 7) is 4.27. The first kappa shape index (κ1) is 15.1.